The molecule has 2 heteroatoms. The minimum absolute atomic E-state index is 0.216. The molecule has 1 saturated heterocycles. The number of benzene rings is 1. The highest BCUT2D eigenvalue weighted by atomic mass is 35.5. The van der Waals surface area contributed by atoms with Crippen LogP contribution in [0.25, 0.3) is 0 Å². The Morgan fingerprint density at radius 1 is 1.29 bits per heavy atom. The van der Waals surface area contributed by atoms with E-state index in [1.807, 2.05) is 12.1 Å². The van der Waals surface area contributed by atoms with Crippen molar-refractivity contribution >= 4 is 11.6 Å². The molecule has 0 radical (unpaired) electrons. The minimum atomic E-state index is 0.216. The van der Waals surface area contributed by atoms with Crippen LogP contribution in [0.4, 0.5) is 0 Å². The van der Waals surface area contributed by atoms with Gasteiger partial charge in [0.15, 0.2) is 0 Å². The maximum Gasteiger partial charge on any atom is 0.0406 e. The summed E-state index contributed by atoms with van der Waals surface area (Å²) in [6, 6.07) is 8.24. The van der Waals surface area contributed by atoms with Gasteiger partial charge in [0.2, 0.25) is 0 Å². The first-order valence-electron chi connectivity index (χ1n) is 5.10. The highest BCUT2D eigenvalue weighted by Crippen LogP contribution is 2.35. The van der Waals surface area contributed by atoms with Gasteiger partial charge in [0, 0.05) is 16.5 Å². The van der Waals surface area contributed by atoms with Crippen LogP contribution in [-0.4, -0.2) is 12.1 Å². The number of halogens is 1. The largest absolute Gasteiger partial charge is 0.311 e. The standard InChI is InChI=1S/C12H16ClN/c1-12(2)11(7-8-14-12)9-3-5-10(13)6-4-9/h3-6,11,14H,7-8H2,1-2H3. The molecule has 0 spiro atoms. The van der Waals surface area contributed by atoms with Crippen LogP contribution >= 0.6 is 11.6 Å². The SMILES string of the molecule is CC1(C)NCCC1c1ccc(Cl)cc1. The Labute approximate surface area is 90.5 Å². The van der Waals surface area contributed by atoms with Crippen LogP contribution in [-0.2, 0) is 0 Å². The van der Waals surface area contributed by atoms with Gasteiger partial charge in [-0.15, -0.1) is 0 Å². The fraction of sp³-hybridized carbons (Fsp3) is 0.500. The predicted octanol–water partition coefficient (Wildman–Crippen LogP) is 3.20. The Balaban J connectivity index is 2.27. The second-order valence-corrected chi connectivity index (χ2v) is 4.98. The maximum absolute atomic E-state index is 5.87. The fourth-order valence-electron chi connectivity index (χ4n) is 2.30. The van der Waals surface area contributed by atoms with Crippen molar-refractivity contribution < 1.29 is 0 Å². The van der Waals surface area contributed by atoms with Crippen molar-refractivity contribution in [2.45, 2.75) is 31.7 Å². The van der Waals surface area contributed by atoms with Gasteiger partial charge in [0.25, 0.3) is 0 Å². The third-order valence-electron chi connectivity index (χ3n) is 3.16. The number of nitrogens with one attached hydrogen (secondary N) is 1. The van der Waals surface area contributed by atoms with E-state index in [0.717, 1.165) is 11.6 Å². The van der Waals surface area contributed by atoms with E-state index in [0.29, 0.717) is 5.92 Å². The highest BCUT2D eigenvalue weighted by molar-refractivity contribution is 6.30. The minimum Gasteiger partial charge on any atom is -0.311 e. The molecule has 0 aromatic heterocycles. The third kappa shape index (κ3) is 1.79. The summed E-state index contributed by atoms with van der Waals surface area (Å²) in [6.07, 6.45) is 1.22. The zero-order chi connectivity index (χ0) is 10.2. The van der Waals surface area contributed by atoms with Gasteiger partial charge in [-0.1, -0.05) is 23.7 Å². The summed E-state index contributed by atoms with van der Waals surface area (Å²) in [6.45, 7) is 5.64. The molecule has 1 fully saturated rings. The highest BCUT2D eigenvalue weighted by Gasteiger charge is 2.34. The van der Waals surface area contributed by atoms with Gasteiger partial charge in [-0.05, 0) is 44.5 Å². The molecule has 1 unspecified atom stereocenters. The third-order valence-corrected chi connectivity index (χ3v) is 3.41. The molecule has 1 heterocycles. The van der Waals surface area contributed by atoms with Crippen LogP contribution in [0.2, 0.25) is 5.02 Å². The van der Waals surface area contributed by atoms with E-state index in [-0.39, 0.29) is 5.54 Å². The smallest absolute Gasteiger partial charge is 0.0406 e. The van der Waals surface area contributed by atoms with Gasteiger partial charge in [0.05, 0.1) is 0 Å². The number of hydrogen-bond acceptors (Lipinski definition) is 1. The van der Waals surface area contributed by atoms with Crippen molar-refractivity contribution in [1.82, 2.24) is 5.32 Å². The molecule has 0 aliphatic carbocycles. The normalized spacial score (nSPS) is 25.2. The van der Waals surface area contributed by atoms with Crippen molar-refractivity contribution in [3.63, 3.8) is 0 Å². The zero-order valence-corrected chi connectivity index (χ0v) is 9.43. The van der Waals surface area contributed by atoms with Crippen molar-refractivity contribution in [2.75, 3.05) is 6.54 Å². The lowest BCUT2D eigenvalue weighted by atomic mass is 9.83. The topological polar surface area (TPSA) is 12.0 Å². The van der Waals surface area contributed by atoms with Crippen LogP contribution in [0.15, 0.2) is 24.3 Å². The quantitative estimate of drug-likeness (QED) is 0.749. The van der Waals surface area contributed by atoms with Gasteiger partial charge in [0.1, 0.15) is 0 Å². The van der Waals surface area contributed by atoms with E-state index >= 15 is 0 Å². The molecule has 1 nitrogen and oxygen atoms in total. The van der Waals surface area contributed by atoms with E-state index in [4.69, 9.17) is 11.6 Å². The molecule has 1 aliphatic rings. The molecule has 2 rings (SSSR count). The Bertz CT molecular complexity index is 316. The molecule has 1 N–H and O–H groups in total. The van der Waals surface area contributed by atoms with E-state index in [2.05, 4.69) is 31.3 Å². The van der Waals surface area contributed by atoms with Gasteiger partial charge in [-0.25, -0.2) is 0 Å². The summed E-state index contributed by atoms with van der Waals surface area (Å²) in [7, 11) is 0. The molecule has 0 saturated carbocycles. The Kier molecular flexibility index (Phi) is 2.54. The first-order valence-corrected chi connectivity index (χ1v) is 5.48. The van der Waals surface area contributed by atoms with E-state index in [9.17, 15) is 0 Å². The van der Waals surface area contributed by atoms with Crippen molar-refractivity contribution in [3.8, 4) is 0 Å². The molecule has 14 heavy (non-hydrogen) atoms. The molecule has 0 amide bonds. The summed E-state index contributed by atoms with van der Waals surface area (Å²) in [4.78, 5) is 0. The summed E-state index contributed by atoms with van der Waals surface area (Å²) in [5.74, 6) is 0.611. The lowest BCUT2D eigenvalue weighted by molar-refractivity contribution is 0.411. The molecule has 1 aromatic rings. The lowest BCUT2D eigenvalue weighted by Gasteiger charge is -2.27. The predicted molar refractivity (Wildman–Crippen MR) is 60.9 cm³/mol. The number of hydrogen-bond donors (Lipinski definition) is 1. The van der Waals surface area contributed by atoms with Gasteiger partial charge >= 0.3 is 0 Å². The van der Waals surface area contributed by atoms with E-state index in [1.165, 1.54) is 12.0 Å². The fourth-order valence-corrected chi connectivity index (χ4v) is 2.43. The Hall–Kier alpha value is -0.530. The summed E-state index contributed by atoms with van der Waals surface area (Å²) >= 11 is 5.87. The van der Waals surface area contributed by atoms with Gasteiger partial charge in [-0.3, -0.25) is 0 Å². The zero-order valence-electron chi connectivity index (χ0n) is 8.68. The molecule has 0 bridgehead atoms. The molecule has 1 aromatic carbocycles. The van der Waals surface area contributed by atoms with Gasteiger partial charge in [-0.2, -0.15) is 0 Å². The Morgan fingerprint density at radius 3 is 2.43 bits per heavy atom. The second-order valence-electron chi connectivity index (χ2n) is 4.54. The van der Waals surface area contributed by atoms with Crippen LogP contribution in [0.5, 0.6) is 0 Å². The monoisotopic (exact) mass is 209 g/mol. The molecule has 1 atom stereocenters. The van der Waals surface area contributed by atoms with Crippen LogP contribution in [0.3, 0.4) is 0 Å². The number of rotatable bonds is 1. The maximum atomic E-state index is 5.87. The van der Waals surface area contributed by atoms with Crippen molar-refractivity contribution in [3.05, 3.63) is 34.9 Å². The molecular formula is C12H16ClN. The van der Waals surface area contributed by atoms with E-state index < -0.39 is 0 Å². The van der Waals surface area contributed by atoms with E-state index in [1.54, 1.807) is 0 Å². The average molecular weight is 210 g/mol. The van der Waals surface area contributed by atoms with Crippen molar-refractivity contribution in [1.29, 1.82) is 0 Å². The van der Waals surface area contributed by atoms with Crippen LogP contribution in [0.1, 0.15) is 31.7 Å². The molecular weight excluding hydrogens is 194 g/mol. The summed E-state index contributed by atoms with van der Waals surface area (Å²) < 4.78 is 0. The summed E-state index contributed by atoms with van der Waals surface area (Å²) in [5.41, 5.74) is 1.61. The average Bonchev–Trinajstić information content (AvgIpc) is 2.47. The second kappa shape index (κ2) is 3.56. The molecule has 76 valence electrons. The summed E-state index contributed by atoms with van der Waals surface area (Å²) in [5, 5.41) is 4.34. The van der Waals surface area contributed by atoms with Crippen LogP contribution in [0, 0.1) is 0 Å². The first kappa shape index (κ1) is 10.0. The van der Waals surface area contributed by atoms with Gasteiger partial charge < -0.3 is 5.32 Å². The molecule has 1 aliphatic heterocycles. The van der Waals surface area contributed by atoms with Crippen molar-refractivity contribution in [2.24, 2.45) is 0 Å². The lowest BCUT2D eigenvalue weighted by Crippen LogP contribution is -2.36. The van der Waals surface area contributed by atoms with Crippen LogP contribution < -0.4 is 5.32 Å². The first-order chi connectivity index (χ1) is 6.59. The Morgan fingerprint density at radius 2 is 1.93 bits per heavy atom.